The summed E-state index contributed by atoms with van der Waals surface area (Å²) in [5.41, 5.74) is 3.69. The van der Waals surface area contributed by atoms with Crippen molar-refractivity contribution < 1.29 is 36.6 Å². The first-order valence-electron chi connectivity index (χ1n) is 4.85. The van der Waals surface area contributed by atoms with Gasteiger partial charge in [-0.1, -0.05) is 0 Å². The van der Waals surface area contributed by atoms with Gasteiger partial charge >= 0.3 is 24.0 Å². The second kappa shape index (κ2) is 4.94. The quantitative estimate of drug-likeness (QED) is 0.588. The van der Waals surface area contributed by atoms with Crippen molar-refractivity contribution in [3.8, 4) is 0 Å². The number of nitrogen functional groups attached to an aromatic ring is 1. The molecule has 5 nitrogen and oxygen atoms in total. The van der Waals surface area contributed by atoms with Gasteiger partial charge in [-0.15, -0.1) is 0 Å². The van der Waals surface area contributed by atoms with E-state index in [9.17, 15) is 31.5 Å². The van der Waals surface area contributed by atoms with E-state index in [0.717, 1.165) is 18.2 Å². The number of rotatable bonds is 3. The molecule has 20 heavy (non-hydrogen) atoms. The molecule has 0 heterocycles. The van der Waals surface area contributed by atoms with Gasteiger partial charge in [0.1, 0.15) is 0 Å². The minimum atomic E-state index is -6.10. The van der Waals surface area contributed by atoms with Gasteiger partial charge < -0.3 is 16.2 Å². The lowest BCUT2D eigenvalue weighted by Gasteiger charge is -2.19. The van der Waals surface area contributed by atoms with E-state index < -0.39 is 35.2 Å². The molecule has 0 spiro atoms. The van der Waals surface area contributed by atoms with E-state index in [1.807, 2.05) is 0 Å². The van der Waals surface area contributed by atoms with Gasteiger partial charge in [0.25, 0.3) is 0 Å². The normalized spacial score (nSPS) is 12.1. The Morgan fingerprint density at radius 3 is 2.15 bits per heavy atom. The van der Waals surface area contributed by atoms with E-state index >= 15 is 0 Å². The number of carboxylic acids is 1. The average Bonchev–Trinajstić information content (AvgIpc) is 2.26. The third kappa shape index (κ3) is 2.95. The zero-order chi connectivity index (χ0) is 15.7. The fraction of sp³-hybridized carbons (Fsp3) is 0.200. The van der Waals surface area contributed by atoms with Crippen molar-refractivity contribution >= 4 is 23.3 Å². The molecule has 4 N–H and O–H groups in total. The lowest BCUT2D eigenvalue weighted by atomic mass is 10.1. The van der Waals surface area contributed by atoms with Gasteiger partial charge in [-0.05, 0) is 18.2 Å². The third-order valence-corrected chi connectivity index (χ3v) is 2.16. The van der Waals surface area contributed by atoms with Crippen LogP contribution < -0.4 is 11.1 Å². The highest BCUT2D eigenvalue weighted by molar-refractivity contribution is 6.03. The zero-order valence-electron chi connectivity index (χ0n) is 9.46. The number of alkyl halides is 5. The van der Waals surface area contributed by atoms with Crippen LogP contribution in [0.25, 0.3) is 0 Å². The molecule has 0 radical (unpaired) electrons. The number of hydrogen-bond acceptors (Lipinski definition) is 3. The molecule has 0 saturated carbocycles. The molecule has 0 atom stereocenters. The first-order chi connectivity index (χ1) is 8.96. The number of nitrogens with two attached hydrogens (primary N) is 1. The number of nitrogens with one attached hydrogen (secondary N) is 1. The lowest BCUT2D eigenvalue weighted by molar-refractivity contribution is -0.267. The number of aromatic carboxylic acids is 1. The second-order valence-electron chi connectivity index (χ2n) is 3.64. The molecule has 110 valence electrons. The van der Waals surface area contributed by atoms with Crippen molar-refractivity contribution in [2.45, 2.75) is 12.1 Å². The molecular formula is C10H7F5N2O3. The molecule has 0 aromatic heterocycles. The molecule has 1 amide bonds. The highest BCUT2D eigenvalue weighted by Gasteiger charge is 2.63. The molecule has 0 aliphatic rings. The van der Waals surface area contributed by atoms with Gasteiger partial charge in [-0.25, -0.2) is 4.79 Å². The minimum absolute atomic E-state index is 0.124. The number of halogens is 5. The van der Waals surface area contributed by atoms with E-state index in [0.29, 0.717) is 0 Å². The molecule has 0 saturated heterocycles. The molecular weight excluding hydrogens is 291 g/mol. The van der Waals surface area contributed by atoms with Crippen molar-refractivity contribution in [1.29, 1.82) is 0 Å². The molecule has 1 aromatic carbocycles. The van der Waals surface area contributed by atoms with Crippen LogP contribution in [0.15, 0.2) is 18.2 Å². The highest BCUT2D eigenvalue weighted by atomic mass is 19.4. The van der Waals surface area contributed by atoms with Crippen LogP contribution in [0.2, 0.25) is 0 Å². The first-order valence-corrected chi connectivity index (χ1v) is 4.85. The SMILES string of the molecule is Nc1ccc(C(=O)O)c(NC(=O)C(F)(F)C(F)(F)F)c1. The van der Waals surface area contributed by atoms with E-state index in [1.165, 1.54) is 5.32 Å². The van der Waals surface area contributed by atoms with Gasteiger partial charge in [-0.3, -0.25) is 4.79 Å². The highest BCUT2D eigenvalue weighted by Crippen LogP contribution is 2.36. The van der Waals surface area contributed by atoms with Crippen LogP contribution in [0.5, 0.6) is 0 Å². The van der Waals surface area contributed by atoms with Crippen LogP contribution in [-0.4, -0.2) is 29.1 Å². The molecule has 1 rings (SSSR count). The Morgan fingerprint density at radius 1 is 1.15 bits per heavy atom. The smallest absolute Gasteiger partial charge is 0.463 e. The number of hydrogen-bond donors (Lipinski definition) is 3. The number of carboxylic acid groups (broad SMARTS) is 1. The Bertz CT molecular complexity index is 556. The van der Waals surface area contributed by atoms with Crippen LogP contribution in [0.4, 0.5) is 33.3 Å². The van der Waals surface area contributed by atoms with Crippen LogP contribution in [0.3, 0.4) is 0 Å². The summed E-state index contributed by atoms with van der Waals surface area (Å²) in [6, 6.07) is 2.70. The second-order valence-corrected chi connectivity index (χ2v) is 3.64. The van der Waals surface area contributed by atoms with Crippen LogP contribution in [0, 0.1) is 0 Å². The van der Waals surface area contributed by atoms with Gasteiger partial charge in [0.15, 0.2) is 0 Å². The number of anilines is 2. The van der Waals surface area contributed by atoms with E-state index in [2.05, 4.69) is 0 Å². The maximum absolute atomic E-state index is 12.7. The number of carbonyl (C=O) groups is 2. The Balaban J connectivity index is 3.14. The predicted octanol–water partition coefficient (Wildman–Crippen LogP) is 2.10. The molecule has 10 heteroatoms. The molecule has 0 bridgehead atoms. The zero-order valence-corrected chi connectivity index (χ0v) is 9.46. The summed E-state index contributed by atoms with van der Waals surface area (Å²) in [6.45, 7) is 0. The van der Waals surface area contributed by atoms with Gasteiger partial charge in [0, 0.05) is 5.69 Å². The summed E-state index contributed by atoms with van der Waals surface area (Å²) in [4.78, 5) is 21.7. The fourth-order valence-electron chi connectivity index (χ4n) is 1.18. The summed E-state index contributed by atoms with van der Waals surface area (Å²) in [5, 5.41) is 9.94. The predicted molar refractivity (Wildman–Crippen MR) is 57.4 cm³/mol. The summed E-state index contributed by atoms with van der Waals surface area (Å²) in [6.07, 6.45) is -6.10. The van der Waals surface area contributed by atoms with E-state index in [-0.39, 0.29) is 5.69 Å². The Hall–Kier alpha value is -2.39. The largest absolute Gasteiger partial charge is 0.478 e. The Kier molecular flexibility index (Phi) is 3.87. The van der Waals surface area contributed by atoms with E-state index in [1.54, 1.807) is 0 Å². The standard InChI is InChI=1S/C10H7F5N2O3/c11-9(12,10(13,14)15)8(20)17-6-3-4(16)1-2-5(6)7(18)19/h1-3H,16H2,(H,17,20)(H,18,19). The molecule has 0 aliphatic carbocycles. The van der Waals surface area contributed by atoms with Crippen molar-refractivity contribution in [2.75, 3.05) is 11.1 Å². The van der Waals surface area contributed by atoms with Crippen molar-refractivity contribution in [3.63, 3.8) is 0 Å². The number of benzene rings is 1. The summed E-state index contributed by atoms with van der Waals surface area (Å²) in [5.74, 6) is -9.98. The third-order valence-electron chi connectivity index (χ3n) is 2.16. The lowest BCUT2D eigenvalue weighted by Crippen LogP contribution is -2.47. The summed E-state index contributed by atoms with van der Waals surface area (Å²) >= 11 is 0. The van der Waals surface area contributed by atoms with Crippen molar-refractivity contribution in [3.05, 3.63) is 23.8 Å². The van der Waals surface area contributed by atoms with Gasteiger partial charge in [0.05, 0.1) is 11.3 Å². The Morgan fingerprint density at radius 2 is 1.70 bits per heavy atom. The fourth-order valence-corrected chi connectivity index (χ4v) is 1.18. The summed E-state index contributed by atoms with van der Waals surface area (Å²) in [7, 11) is 0. The topological polar surface area (TPSA) is 92.4 Å². The van der Waals surface area contributed by atoms with E-state index in [4.69, 9.17) is 10.8 Å². The molecule has 0 unspecified atom stereocenters. The maximum atomic E-state index is 12.7. The van der Waals surface area contributed by atoms with Gasteiger partial charge in [-0.2, -0.15) is 22.0 Å². The van der Waals surface area contributed by atoms with Crippen molar-refractivity contribution in [1.82, 2.24) is 0 Å². The maximum Gasteiger partial charge on any atom is 0.463 e. The van der Waals surface area contributed by atoms with Crippen LogP contribution >= 0.6 is 0 Å². The molecule has 0 fully saturated rings. The van der Waals surface area contributed by atoms with Crippen LogP contribution in [0.1, 0.15) is 10.4 Å². The Labute approximate surface area is 108 Å². The number of carbonyl (C=O) groups excluding carboxylic acids is 1. The van der Waals surface area contributed by atoms with Crippen LogP contribution in [-0.2, 0) is 4.79 Å². The first kappa shape index (κ1) is 15.7. The average molecular weight is 298 g/mol. The van der Waals surface area contributed by atoms with Crippen molar-refractivity contribution in [2.24, 2.45) is 0 Å². The summed E-state index contributed by atoms with van der Waals surface area (Å²) < 4.78 is 61.4. The molecule has 1 aromatic rings. The number of amides is 1. The minimum Gasteiger partial charge on any atom is -0.478 e. The van der Waals surface area contributed by atoms with Gasteiger partial charge in [0.2, 0.25) is 0 Å². The molecule has 0 aliphatic heterocycles. The monoisotopic (exact) mass is 298 g/mol.